The lowest BCUT2D eigenvalue weighted by Gasteiger charge is -2.42. The minimum atomic E-state index is -0.269. The zero-order valence-corrected chi connectivity index (χ0v) is 19.7. The molecule has 4 rings (SSSR count). The Morgan fingerprint density at radius 3 is 2.62 bits per heavy atom. The SMILES string of the molecule is C=Nc1cccc(-c2nc(NC(=O)N3CCNCC3(C)C)sc2-c2cc(C)nc(C)c2)c1. The molecule has 3 heterocycles. The first-order valence-corrected chi connectivity index (χ1v) is 11.4. The number of carbonyl (C=O) groups excluding carboxylic acids is 1. The number of aryl methyl sites for hydroxylation is 2. The molecule has 32 heavy (non-hydrogen) atoms. The summed E-state index contributed by atoms with van der Waals surface area (Å²) in [5, 5.41) is 6.96. The Kier molecular flexibility index (Phi) is 6.08. The number of nitrogens with one attached hydrogen (secondary N) is 2. The molecule has 1 fully saturated rings. The second kappa shape index (κ2) is 8.80. The van der Waals surface area contributed by atoms with Gasteiger partial charge in [0.05, 0.1) is 21.8 Å². The average Bonchev–Trinajstić information content (AvgIpc) is 3.16. The third-order valence-corrected chi connectivity index (χ3v) is 6.55. The number of urea groups is 1. The van der Waals surface area contributed by atoms with Gasteiger partial charge in [-0.25, -0.2) is 9.78 Å². The molecule has 1 saturated heterocycles. The Morgan fingerprint density at radius 2 is 1.94 bits per heavy atom. The lowest BCUT2D eigenvalue weighted by atomic mass is 10.0. The predicted molar refractivity (Wildman–Crippen MR) is 132 cm³/mol. The van der Waals surface area contributed by atoms with Crippen LogP contribution in [0.2, 0.25) is 0 Å². The van der Waals surface area contributed by atoms with Crippen molar-refractivity contribution in [1.29, 1.82) is 0 Å². The van der Waals surface area contributed by atoms with Crippen LogP contribution in [0.3, 0.4) is 0 Å². The molecule has 1 aromatic carbocycles. The van der Waals surface area contributed by atoms with Crippen LogP contribution in [0.4, 0.5) is 15.6 Å². The van der Waals surface area contributed by atoms with E-state index in [9.17, 15) is 4.79 Å². The Labute approximate surface area is 192 Å². The second-order valence-corrected chi connectivity index (χ2v) is 9.61. The fraction of sp³-hybridized carbons (Fsp3) is 0.333. The molecule has 0 saturated carbocycles. The molecule has 0 spiro atoms. The molecule has 0 aliphatic carbocycles. The van der Waals surface area contributed by atoms with E-state index in [1.165, 1.54) is 11.3 Å². The van der Waals surface area contributed by atoms with Crippen LogP contribution in [0.1, 0.15) is 25.2 Å². The number of anilines is 1. The Morgan fingerprint density at radius 1 is 1.19 bits per heavy atom. The van der Waals surface area contributed by atoms with Crippen LogP contribution in [-0.4, -0.2) is 52.8 Å². The maximum absolute atomic E-state index is 13.1. The molecule has 0 atom stereocenters. The van der Waals surface area contributed by atoms with E-state index in [0.29, 0.717) is 11.7 Å². The van der Waals surface area contributed by atoms with Crippen LogP contribution < -0.4 is 10.6 Å². The van der Waals surface area contributed by atoms with Crippen molar-refractivity contribution in [2.75, 3.05) is 25.0 Å². The van der Waals surface area contributed by atoms with Crippen molar-refractivity contribution in [3.05, 3.63) is 47.8 Å². The first kappa shape index (κ1) is 22.1. The van der Waals surface area contributed by atoms with Gasteiger partial charge >= 0.3 is 6.03 Å². The molecule has 0 radical (unpaired) electrons. The Bertz CT molecular complexity index is 1150. The molecule has 1 aliphatic rings. The molecule has 0 unspecified atom stereocenters. The summed E-state index contributed by atoms with van der Waals surface area (Å²) in [6, 6.07) is 11.8. The average molecular weight is 449 g/mol. The van der Waals surface area contributed by atoms with Gasteiger partial charge in [-0.2, -0.15) is 0 Å². The third-order valence-electron chi connectivity index (χ3n) is 5.53. The van der Waals surface area contributed by atoms with Gasteiger partial charge in [-0.1, -0.05) is 23.5 Å². The Balaban J connectivity index is 1.75. The number of aliphatic imine (C=N–C) groups is 1. The zero-order chi connectivity index (χ0) is 22.9. The highest BCUT2D eigenvalue weighted by Gasteiger charge is 2.33. The number of amides is 2. The number of rotatable bonds is 4. The van der Waals surface area contributed by atoms with Crippen LogP contribution in [0.25, 0.3) is 21.7 Å². The van der Waals surface area contributed by atoms with Crippen LogP contribution in [-0.2, 0) is 0 Å². The van der Waals surface area contributed by atoms with Crippen molar-refractivity contribution < 1.29 is 4.79 Å². The lowest BCUT2D eigenvalue weighted by Crippen LogP contribution is -2.60. The standard InChI is InChI=1S/C24H28N6OS/c1-15-11-18(12-16(2)27-15)21-20(17-7-6-8-19(13-17)25-5)28-22(32-21)29-23(31)30-10-9-26-14-24(30,3)4/h6-8,11-13,26H,5,9-10,14H2,1-4H3,(H,28,29,31). The normalized spacial score (nSPS) is 15.4. The van der Waals surface area contributed by atoms with Crippen LogP contribution in [0.15, 0.2) is 41.4 Å². The van der Waals surface area contributed by atoms with E-state index in [1.54, 1.807) is 0 Å². The van der Waals surface area contributed by atoms with E-state index in [2.05, 4.69) is 41.2 Å². The van der Waals surface area contributed by atoms with Gasteiger partial charge in [0, 0.05) is 36.6 Å². The van der Waals surface area contributed by atoms with Gasteiger partial charge in [-0.15, -0.1) is 0 Å². The van der Waals surface area contributed by atoms with Gasteiger partial charge in [0.15, 0.2) is 5.13 Å². The molecule has 2 amide bonds. The van der Waals surface area contributed by atoms with Crippen LogP contribution in [0, 0.1) is 13.8 Å². The number of piperazine rings is 1. The molecule has 2 N–H and O–H groups in total. The highest BCUT2D eigenvalue weighted by molar-refractivity contribution is 7.19. The molecule has 166 valence electrons. The highest BCUT2D eigenvalue weighted by atomic mass is 32.1. The maximum atomic E-state index is 13.1. The van der Waals surface area contributed by atoms with Crippen LogP contribution in [0.5, 0.6) is 0 Å². The van der Waals surface area contributed by atoms with Crippen molar-refractivity contribution >= 4 is 34.9 Å². The molecule has 7 nitrogen and oxygen atoms in total. The first-order chi connectivity index (χ1) is 15.3. The smallest absolute Gasteiger partial charge is 0.317 e. The zero-order valence-electron chi connectivity index (χ0n) is 18.9. The van der Waals surface area contributed by atoms with E-state index in [4.69, 9.17) is 4.98 Å². The number of nitrogens with zero attached hydrogens (tertiary/aromatic N) is 4. The monoisotopic (exact) mass is 448 g/mol. The third kappa shape index (κ3) is 4.56. The molecule has 1 aliphatic heterocycles. The Hall–Kier alpha value is -3.10. The quantitative estimate of drug-likeness (QED) is 0.548. The van der Waals surface area contributed by atoms with Gasteiger partial charge in [0.25, 0.3) is 0 Å². The molecule has 2 aromatic heterocycles. The minimum Gasteiger partial charge on any atom is -0.317 e. The van der Waals surface area contributed by atoms with Gasteiger partial charge in [-0.05, 0) is 64.2 Å². The lowest BCUT2D eigenvalue weighted by molar-refractivity contribution is 0.123. The van der Waals surface area contributed by atoms with Gasteiger partial charge in [0.1, 0.15) is 0 Å². The van der Waals surface area contributed by atoms with Crippen molar-refractivity contribution in [3.8, 4) is 21.7 Å². The molecule has 3 aromatic rings. The molecular weight excluding hydrogens is 420 g/mol. The topological polar surface area (TPSA) is 82.5 Å². The van der Waals surface area contributed by atoms with E-state index in [0.717, 1.165) is 51.9 Å². The summed E-state index contributed by atoms with van der Waals surface area (Å²) in [4.78, 5) is 29.3. The van der Waals surface area contributed by atoms with Crippen molar-refractivity contribution in [1.82, 2.24) is 20.2 Å². The number of carbonyl (C=O) groups is 1. The van der Waals surface area contributed by atoms with E-state index in [1.807, 2.05) is 55.1 Å². The van der Waals surface area contributed by atoms with Crippen molar-refractivity contribution in [2.45, 2.75) is 33.2 Å². The molecular formula is C24H28N6OS. The number of benzene rings is 1. The summed E-state index contributed by atoms with van der Waals surface area (Å²) in [6.07, 6.45) is 0. The number of hydrogen-bond donors (Lipinski definition) is 2. The van der Waals surface area contributed by atoms with Crippen molar-refractivity contribution in [2.24, 2.45) is 4.99 Å². The fourth-order valence-corrected chi connectivity index (χ4v) is 4.97. The summed E-state index contributed by atoms with van der Waals surface area (Å²) in [7, 11) is 0. The van der Waals surface area contributed by atoms with Crippen LogP contribution >= 0.6 is 11.3 Å². The van der Waals surface area contributed by atoms with Gasteiger partial charge < -0.3 is 10.2 Å². The number of hydrogen-bond acceptors (Lipinski definition) is 6. The van der Waals surface area contributed by atoms with E-state index < -0.39 is 0 Å². The van der Waals surface area contributed by atoms with E-state index in [-0.39, 0.29) is 11.6 Å². The van der Waals surface area contributed by atoms with E-state index >= 15 is 0 Å². The minimum absolute atomic E-state index is 0.132. The molecule has 8 heteroatoms. The van der Waals surface area contributed by atoms with Gasteiger partial charge in [-0.3, -0.25) is 15.3 Å². The van der Waals surface area contributed by atoms with Gasteiger partial charge in [0.2, 0.25) is 0 Å². The summed E-state index contributed by atoms with van der Waals surface area (Å²) in [6.45, 7) is 13.9. The number of pyridine rings is 1. The maximum Gasteiger partial charge on any atom is 0.324 e. The summed E-state index contributed by atoms with van der Waals surface area (Å²) in [5.41, 5.74) is 5.15. The summed E-state index contributed by atoms with van der Waals surface area (Å²) < 4.78 is 0. The largest absolute Gasteiger partial charge is 0.324 e. The first-order valence-electron chi connectivity index (χ1n) is 10.6. The summed E-state index contributed by atoms with van der Waals surface area (Å²) in [5.74, 6) is 0. The molecule has 0 bridgehead atoms. The van der Waals surface area contributed by atoms with Crippen molar-refractivity contribution in [3.63, 3.8) is 0 Å². The second-order valence-electron chi connectivity index (χ2n) is 8.61. The fourth-order valence-electron chi connectivity index (χ4n) is 4.00. The number of aromatic nitrogens is 2. The summed E-state index contributed by atoms with van der Waals surface area (Å²) >= 11 is 1.47. The number of thiazole rings is 1. The highest BCUT2D eigenvalue weighted by Crippen LogP contribution is 2.40. The predicted octanol–water partition coefficient (Wildman–Crippen LogP) is 5.04.